The highest BCUT2D eigenvalue weighted by atomic mass is 32.2. The normalized spacial score (nSPS) is 13.3. The molecule has 3 heterocycles. The molecule has 8 nitrogen and oxygen atoms in total. The minimum atomic E-state index is -0.437. The average molecular weight is 460 g/mol. The minimum absolute atomic E-state index is 0.174. The van der Waals surface area contributed by atoms with E-state index in [0.29, 0.717) is 44.4 Å². The van der Waals surface area contributed by atoms with Gasteiger partial charge in [0.15, 0.2) is 11.5 Å². The van der Waals surface area contributed by atoms with Gasteiger partial charge in [0.05, 0.1) is 11.9 Å². The number of ether oxygens (including phenoxy) is 3. The van der Waals surface area contributed by atoms with Crippen LogP contribution in [-0.4, -0.2) is 40.5 Å². The third-order valence-electron chi connectivity index (χ3n) is 4.63. The summed E-state index contributed by atoms with van der Waals surface area (Å²) in [6.45, 7) is 7.70. The van der Waals surface area contributed by atoms with Gasteiger partial charge in [-0.25, -0.2) is 14.8 Å². The molecule has 1 aromatic carbocycles. The summed E-state index contributed by atoms with van der Waals surface area (Å²) in [5, 5.41) is 3.91. The first-order valence-electron chi connectivity index (χ1n) is 9.69. The van der Waals surface area contributed by atoms with Gasteiger partial charge in [-0.05, 0) is 45.4 Å². The van der Waals surface area contributed by atoms with Gasteiger partial charge in [-0.3, -0.25) is 4.79 Å². The van der Waals surface area contributed by atoms with Crippen LogP contribution in [0, 0.1) is 13.8 Å². The Morgan fingerprint density at radius 1 is 1.26 bits per heavy atom. The molecule has 0 spiro atoms. The second-order valence-electron chi connectivity index (χ2n) is 6.85. The van der Waals surface area contributed by atoms with Crippen LogP contribution in [0.25, 0.3) is 10.2 Å². The van der Waals surface area contributed by atoms with Crippen molar-refractivity contribution in [3.8, 4) is 11.5 Å². The van der Waals surface area contributed by atoms with Gasteiger partial charge < -0.3 is 19.5 Å². The molecule has 1 unspecified atom stereocenters. The summed E-state index contributed by atoms with van der Waals surface area (Å²) in [7, 11) is 0. The van der Waals surface area contributed by atoms with Crippen LogP contribution < -0.4 is 14.8 Å². The zero-order valence-corrected chi connectivity index (χ0v) is 19.1. The number of thioether (sulfide) groups is 1. The molecule has 1 atom stereocenters. The summed E-state index contributed by atoms with van der Waals surface area (Å²) in [4.78, 5) is 35.3. The first-order valence-corrected chi connectivity index (χ1v) is 11.4. The SMILES string of the molecule is CCOC(=O)c1sc2nc(C)nc(SC(C)C(=O)Nc3ccc4c(c3)OCO4)c2c1C. The van der Waals surface area contributed by atoms with Gasteiger partial charge in [0.25, 0.3) is 0 Å². The van der Waals surface area contributed by atoms with Crippen LogP contribution in [0.4, 0.5) is 5.69 Å². The zero-order valence-electron chi connectivity index (χ0n) is 17.5. The minimum Gasteiger partial charge on any atom is -0.462 e. The Bertz CT molecular complexity index is 1180. The topological polar surface area (TPSA) is 99.6 Å². The Morgan fingerprint density at radius 2 is 2.03 bits per heavy atom. The molecule has 0 radical (unpaired) electrons. The second-order valence-corrected chi connectivity index (χ2v) is 9.18. The molecule has 2 aromatic heterocycles. The molecule has 0 bridgehead atoms. The highest BCUT2D eigenvalue weighted by Crippen LogP contribution is 2.38. The van der Waals surface area contributed by atoms with Crippen LogP contribution >= 0.6 is 23.1 Å². The smallest absolute Gasteiger partial charge is 0.348 e. The fourth-order valence-electron chi connectivity index (χ4n) is 3.12. The quantitative estimate of drug-likeness (QED) is 0.330. The van der Waals surface area contributed by atoms with Crippen LogP contribution in [0.2, 0.25) is 0 Å². The number of aryl methyl sites for hydroxylation is 2. The van der Waals surface area contributed by atoms with E-state index >= 15 is 0 Å². The fraction of sp³-hybridized carbons (Fsp3) is 0.333. The molecule has 162 valence electrons. The number of amides is 1. The highest BCUT2D eigenvalue weighted by Gasteiger charge is 2.24. The number of thiophene rings is 1. The number of fused-ring (bicyclic) bond motifs is 2. The van der Waals surface area contributed by atoms with Crippen molar-refractivity contribution in [3.63, 3.8) is 0 Å². The van der Waals surface area contributed by atoms with Gasteiger partial charge in [0, 0.05) is 17.1 Å². The Morgan fingerprint density at radius 3 is 2.81 bits per heavy atom. The van der Waals surface area contributed by atoms with Crippen LogP contribution in [0.5, 0.6) is 11.5 Å². The van der Waals surface area contributed by atoms with Crippen LogP contribution in [-0.2, 0) is 9.53 Å². The van der Waals surface area contributed by atoms with Crippen molar-refractivity contribution in [1.82, 2.24) is 9.97 Å². The summed E-state index contributed by atoms with van der Waals surface area (Å²) in [5.74, 6) is 1.29. The largest absolute Gasteiger partial charge is 0.462 e. The molecular weight excluding hydrogens is 438 g/mol. The molecule has 0 saturated heterocycles. The molecule has 0 aliphatic carbocycles. The summed E-state index contributed by atoms with van der Waals surface area (Å²) in [6, 6.07) is 5.27. The van der Waals surface area contributed by atoms with E-state index in [1.54, 1.807) is 32.0 Å². The molecule has 1 aliphatic rings. The third kappa shape index (κ3) is 4.31. The van der Waals surface area contributed by atoms with E-state index in [-0.39, 0.29) is 18.7 Å². The maximum atomic E-state index is 12.8. The number of carbonyl (C=O) groups is 2. The average Bonchev–Trinajstić information content (AvgIpc) is 3.32. The number of anilines is 1. The van der Waals surface area contributed by atoms with Crippen LogP contribution in [0.3, 0.4) is 0 Å². The number of rotatable bonds is 6. The van der Waals surface area contributed by atoms with Gasteiger partial charge in [0.2, 0.25) is 12.7 Å². The highest BCUT2D eigenvalue weighted by molar-refractivity contribution is 8.00. The molecule has 1 aliphatic heterocycles. The third-order valence-corrected chi connectivity index (χ3v) is 6.88. The van der Waals surface area contributed by atoms with Crippen LogP contribution in [0.1, 0.15) is 34.9 Å². The molecule has 3 aromatic rings. The van der Waals surface area contributed by atoms with Crippen molar-refractivity contribution in [1.29, 1.82) is 0 Å². The lowest BCUT2D eigenvalue weighted by atomic mass is 10.2. The summed E-state index contributed by atoms with van der Waals surface area (Å²) in [5.41, 5.74) is 1.39. The number of aromatic nitrogens is 2. The Balaban J connectivity index is 1.57. The molecule has 31 heavy (non-hydrogen) atoms. The van der Waals surface area contributed by atoms with Gasteiger partial charge in [-0.1, -0.05) is 11.8 Å². The molecule has 1 amide bonds. The van der Waals surface area contributed by atoms with Crippen molar-refractivity contribution < 1.29 is 23.8 Å². The van der Waals surface area contributed by atoms with Gasteiger partial charge in [-0.2, -0.15) is 0 Å². The van der Waals surface area contributed by atoms with Crippen molar-refractivity contribution >= 4 is 50.9 Å². The lowest BCUT2D eigenvalue weighted by molar-refractivity contribution is -0.115. The maximum Gasteiger partial charge on any atom is 0.348 e. The molecule has 1 N–H and O–H groups in total. The lowest BCUT2D eigenvalue weighted by Gasteiger charge is -2.13. The number of esters is 1. The van der Waals surface area contributed by atoms with E-state index < -0.39 is 5.25 Å². The monoisotopic (exact) mass is 459 g/mol. The molecule has 10 heteroatoms. The number of hydrogen-bond acceptors (Lipinski definition) is 9. The first kappa shape index (κ1) is 21.4. The Kier molecular flexibility index (Phi) is 6.01. The maximum absolute atomic E-state index is 12.8. The van der Waals surface area contributed by atoms with E-state index in [9.17, 15) is 9.59 Å². The molecule has 0 saturated carbocycles. The predicted molar refractivity (Wildman–Crippen MR) is 119 cm³/mol. The number of carbonyl (C=O) groups excluding carboxylic acids is 2. The van der Waals surface area contributed by atoms with E-state index in [4.69, 9.17) is 14.2 Å². The van der Waals surface area contributed by atoms with Gasteiger partial charge in [0.1, 0.15) is 20.6 Å². The molecule has 4 rings (SSSR count). The van der Waals surface area contributed by atoms with E-state index in [2.05, 4.69) is 15.3 Å². The van der Waals surface area contributed by atoms with Crippen LogP contribution in [0.15, 0.2) is 23.2 Å². The Labute approximate surface area is 187 Å². The Hall–Kier alpha value is -2.85. The summed E-state index contributed by atoms with van der Waals surface area (Å²) in [6.07, 6.45) is 0. The second kappa shape index (κ2) is 8.72. The van der Waals surface area contributed by atoms with E-state index in [1.165, 1.54) is 23.1 Å². The lowest BCUT2D eigenvalue weighted by Crippen LogP contribution is -2.22. The predicted octanol–water partition coefficient (Wildman–Crippen LogP) is 4.33. The van der Waals surface area contributed by atoms with E-state index in [1.807, 2.05) is 13.8 Å². The summed E-state index contributed by atoms with van der Waals surface area (Å²) < 4.78 is 15.8. The first-order chi connectivity index (χ1) is 14.9. The fourth-order valence-corrected chi connectivity index (χ4v) is 5.36. The molecular formula is C21H21N3O5S2. The van der Waals surface area contributed by atoms with Crippen molar-refractivity contribution in [2.24, 2.45) is 0 Å². The van der Waals surface area contributed by atoms with Crippen molar-refractivity contribution in [2.75, 3.05) is 18.7 Å². The summed E-state index contributed by atoms with van der Waals surface area (Å²) >= 11 is 2.61. The van der Waals surface area contributed by atoms with Gasteiger partial charge in [-0.15, -0.1) is 11.3 Å². The number of hydrogen-bond donors (Lipinski definition) is 1. The standard InChI is InChI=1S/C21H21N3O5S2/c1-5-27-21(26)17-10(2)16-19(22-12(4)23-20(16)31-17)30-11(3)18(25)24-13-6-7-14-15(8-13)29-9-28-14/h6-8,11H,5,9H2,1-4H3,(H,24,25). The van der Waals surface area contributed by atoms with Crippen molar-refractivity contribution in [3.05, 3.63) is 34.5 Å². The van der Waals surface area contributed by atoms with E-state index in [0.717, 1.165) is 10.9 Å². The number of benzene rings is 1. The van der Waals surface area contributed by atoms with Gasteiger partial charge >= 0.3 is 5.97 Å². The number of nitrogens with zero attached hydrogens (tertiary/aromatic N) is 2. The number of nitrogens with one attached hydrogen (secondary N) is 1. The van der Waals surface area contributed by atoms with Crippen molar-refractivity contribution in [2.45, 2.75) is 38.0 Å². The zero-order chi connectivity index (χ0) is 22.1. The molecule has 0 fully saturated rings.